The van der Waals surface area contributed by atoms with E-state index in [0.29, 0.717) is 24.3 Å². The van der Waals surface area contributed by atoms with Crippen molar-refractivity contribution in [1.82, 2.24) is 15.6 Å². The van der Waals surface area contributed by atoms with Crippen molar-refractivity contribution in [3.05, 3.63) is 84.4 Å². The van der Waals surface area contributed by atoms with Gasteiger partial charge in [0.2, 0.25) is 5.91 Å². The van der Waals surface area contributed by atoms with Crippen LogP contribution in [0.5, 0.6) is 0 Å². The second-order valence-corrected chi connectivity index (χ2v) is 9.95. The van der Waals surface area contributed by atoms with Gasteiger partial charge in [-0.15, -0.1) is 0 Å². The first-order valence-corrected chi connectivity index (χ1v) is 14.4. The average Bonchev–Trinajstić information content (AvgIpc) is 3.02. The smallest absolute Gasteiger partial charge is 0.429 e. The van der Waals surface area contributed by atoms with E-state index in [-0.39, 0.29) is 38.0 Å². The lowest BCUT2D eigenvalue weighted by Gasteiger charge is -2.37. The highest BCUT2D eigenvalue weighted by molar-refractivity contribution is 6.00. The molecule has 1 aliphatic rings. The second kappa shape index (κ2) is 16.4. The largest absolute Gasteiger partial charge is 0.447 e. The number of nitrogens with zero attached hydrogens (tertiary/aromatic N) is 2. The summed E-state index contributed by atoms with van der Waals surface area (Å²) in [6, 6.07) is 24.5. The normalized spacial score (nSPS) is 13.4. The van der Waals surface area contributed by atoms with Crippen molar-refractivity contribution in [2.45, 2.75) is 19.3 Å². The summed E-state index contributed by atoms with van der Waals surface area (Å²) >= 11 is 0. The van der Waals surface area contributed by atoms with Crippen LogP contribution >= 0.6 is 0 Å². The number of hydrogen-bond acceptors (Lipinski definition) is 8. The maximum absolute atomic E-state index is 13.5. The summed E-state index contributed by atoms with van der Waals surface area (Å²) in [4.78, 5) is 38.2. The molecule has 0 saturated carbocycles. The highest BCUT2D eigenvalue weighted by atomic mass is 16.6. The summed E-state index contributed by atoms with van der Waals surface area (Å²) in [7, 11) is 0. The van der Waals surface area contributed by atoms with E-state index >= 15 is 0 Å². The molecule has 0 aliphatic carbocycles. The fourth-order valence-electron chi connectivity index (χ4n) is 4.80. The molecule has 0 aromatic heterocycles. The van der Waals surface area contributed by atoms with Crippen molar-refractivity contribution >= 4 is 29.2 Å². The first-order chi connectivity index (χ1) is 20.6. The third-order valence-corrected chi connectivity index (χ3v) is 6.84. The number of ether oxygens (including phenoxy) is 1. The number of hydrazine groups is 1. The molecule has 4 N–H and O–H groups in total. The van der Waals surface area contributed by atoms with Crippen molar-refractivity contribution in [3.63, 3.8) is 0 Å². The molecule has 3 aromatic rings. The van der Waals surface area contributed by atoms with Crippen molar-refractivity contribution in [2.75, 3.05) is 62.8 Å². The zero-order chi connectivity index (χ0) is 29.6. The molecule has 4 rings (SSSR count). The Hall–Kier alpha value is -4.09. The molecule has 0 spiro atoms. The number of hydrogen-bond donors (Lipinski definition) is 4. The molecule has 1 saturated heterocycles. The quantitative estimate of drug-likeness (QED) is 0.170. The van der Waals surface area contributed by atoms with E-state index in [0.717, 1.165) is 49.2 Å². The third-order valence-electron chi connectivity index (χ3n) is 6.84. The fraction of sp³-hybridized carbons (Fsp3) is 0.344. The number of aliphatic hydroxyl groups is 1. The molecule has 10 nitrogen and oxygen atoms in total. The van der Waals surface area contributed by atoms with Gasteiger partial charge < -0.3 is 25.8 Å². The van der Waals surface area contributed by atoms with Crippen LogP contribution in [0.15, 0.2) is 78.9 Å². The molecule has 222 valence electrons. The van der Waals surface area contributed by atoms with Crippen LogP contribution in [-0.4, -0.2) is 80.4 Å². The Labute approximate surface area is 246 Å². The van der Waals surface area contributed by atoms with Gasteiger partial charge in [-0.25, -0.2) is 14.8 Å². The number of anilines is 2. The topological polar surface area (TPSA) is 123 Å². The molecule has 0 radical (unpaired) electrons. The Kier molecular flexibility index (Phi) is 12.0. The Morgan fingerprint density at radius 3 is 2.36 bits per heavy atom. The van der Waals surface area contributed by atoms with Gasteiger partial charge >= 0.3 is 6.09 Å². The summed E-state index contributed by atoms with van der Waals surface area (Å²) in [5.41, 5.74) is 3.71. The molecule has 1 aliphatic heterocycles. The molecule has 0 atom stereocenters. The standard InChI is InChI=1S/C32H39N5O5/c38-20-16-33-24-31(40)35-27-13-9-12-26(22-27)30(39)23-34-17-21-42-32(41)37(36-18-7-2-8-19-36)29-15-6-5-14-28(29)25-10-3-1-4-11-25/h1,3-6,9-15,22,33-34,38H,2,7-8,16-21,23-24H2,(H,35,40). The van der Waals surface area contributed by atoms with Crippen LogP contribution < -0.4 is 21.0 Å². The lowest BCUT2D eigenvalue weighted by Crippen LogP contribution is -2.50. The number of piperidine rings is 1. The maximum Gasteiger partial charge on any atom is 0.429 e. The number of aliphatic hydroxyl groups excluding tert-OH is 1. The molecule has 1 fully saturated rings. The van der Waals surface area contributed by atoms with Crippen LogP contribution in [0.1, 0.15) is 29.6 Å². The molecule has 1 heterocycles. The van der Waals surface area contributed by atoms with E-state index < -0.39 is 6.09 Å². The number of para-hydroxylation sites is 1. The summed E-state index contributed by atoms with van der Waals surface area (Å²) in [6.07, 6.45) is 2.69. The predicted molar refractivity (Wildman–Crippen MR) is 163 cm³/mol. The van der Waals surface area contributed by atoms with E-state index in [1.54, 1.807) is 29.3 Å². The Morgan fingerprint density at radius 1 is 0.833 bits per heavy atom. The minimum atomic E-state index is -0.453. The summed E-state index contributed by atoms with van der Waals surface area (Å²) in [5.74, 6) is -0.416. The molecule has 0 bridgehead atoms. The lowest BCUT2D eigenvalue weighted by atomic mass is 10.0. The van der Waals surface area contributed by atoms with Gasteiger partial charge in [-0.05, 0) is 36.6 Å². The molecular formula is C32H39N5O5. The van der Waals surface area contributed by atoms with Crippen LogP contribution in [-0.2, 0) is 9.53 Å². The minimum absolute atomic E-state index is 0.0532. The fourth-order valence-corrected chi connectivity index (χ4v) is 4.80. The minimum Gasteiger partial charge on any atom is -0.447 e. The number of benzene rings is 3. The van der Waals surface area contributed by atoms with Gasteiger partial charge in [0.1, 0.15) is 6.61 Å². The molecular weight excluding hydrogens is 534 g/mol. The van der Waals surface area contributed by atoms with Gasteiger partial charge in [-0.1, -0.05) is 67.1 Å². The number of ketones is 1. The van der Waals surface area contributed by atoms with E-state index in [9.17, 15) is 14.4 Å². The van der Waals surface area contributed by atoms with Crippen LogP contribution in [0.25, 0.3) is 11.1 Å². The van der Waals surface area contributed by atoms with Crippen LogP contribution in [0.4, 0.5) is 16.2 Å². The van der Waals surface area contributed by atoms with Gasteiger partial charge in [0.15, 0.2) is 5.78 Å². The van der Waals surface area contributed by atoms with Crippen molar-refractivity contribution in [1.29, 1.82) is 0 Å². The maximum atomic E-state index is 13.5. The van der Waals surface area contributed by atoms with Crippen LogP contribution in [0, 0.1) is 0 Å². The monoisotopic (exact) mass is 573 g/mol. The number of nitrogens with one attached hydrogen (secondary N) is 3. The Morgan fingerprint density at radius 2 is 1.57 bits per heavy atom. The predicted octanol–water partition coefficient (Wildman–Crippen LogP) is 3.69. The lowest BCUT2D eigenvalue weighted by molar-refractivity contribution is -0.115. The molecule has 10 heteroatoms. The van der Waals surface area contributed by atoms with Crippen LogP contribution in [0.3, 0.4) is 0 Å². The summed E-state index contributed by atoms with van der Waals surface area (Å²) in [6.45, 7) is 2.32. The van der Waals surface area contributed by atoms with E-state index in [2.05, 4.69) is 21.0 Å². The van der Waals surface area contributed by atoms with E-state index in [1.165, 1.54) is 0 Å². The molecule has 3 aromatic carbocycles. The van der Waals surface area contributed by atoms with Crippen LogP contribution in [0.2, 0.25) is 0 Å². The third kappa shape index (κ3) is 8.95. The van der Waals surface area contributed by atoms with E-state index in [4.69, 9.17) is 9.84 Å². The molecule has 42 heavy (non-hydrogen) atoms. The average molecular weight is 574 g/mol. The number of carbonyl (C=O) groups is 3. The van der Waals surface area contributed by atoms with Crippen molar-refractivity contribution in [2.24, 2.45) is 0 Å². The second-order valence-electron chi connectivity index (χ2n) is 9.95. The highest BCUT2D eigenvalue weighted by Gasteiger charge is 2.28. The SMILES string of the molecule is O=C(CNCCO)Nc1cccc(C(=O)CNCCOC(=O)N(c2ccccc2-c2ccccc2)N2CCCCC2)c1. The molecule has 2 amide bonds. The number of amides is 2. The van der Waals surface area contributed by atoms with Gasteiger partial charge in [-0.2, -0.15) is 0 Å². The first-order valence-electron chi connectivity index (χ1n) is 14.4. The summed E-state index contributed by atoms with van der Waals surface area (Å²) in [5, 5.41) is 21.1. The van der Waals surface area contributed by atoms with Crippen molar-refractivity contribution < 1.29 is 24.2 Å². The number of Topliss-reactive ketones (excluding diaryl/α,β-unsaturated/α-hetero) is 1. The molecule has 0 unspecified atom stereocenters. The zero-order valence-electron chi connectivity index (χ0n) is 23.8. The van der Waals surface area contributed by atoms with Gasteiger partial charge in [0.05, 0.1) is 25.4 Å². The Balaban J connectivity index is 1.31. The van der Waals surface area contributed by atoms with Crippen molar-refractivity contribution in [3.8, 4) is 11.1 Å². The van der Waals surface area contributed by atoms with Gasteiger partial charge in [-0.3, -0.25) is 9.59 Å². The van der Waals surface area contributed by atoms with E-state index in [1.807, 2.05) is 54.6 Å². The summed E-state index contributed by atoms with van der Waals surface area (Å²) < 4.78 is 5.70. The zero-order valence-corrected chi connectivity index (χ0v) is 23.8. The highest BCUT2D eigenvalue weighted by Crippen LogP contribution is 2.33. The Bertz CT molecular complexity index is 1310. The number of rotatable bonds is 14. The van der Waals surface area contributed by atoms with Gasteiger partial charge in [0, 0.05) is 43.0 Å². The van der Waals surface area contributed by atoms with Gasteiger partial charge in [0.25, 0.3) is 0 Å². The number of carbonyl (C=O) groups excluding carboxylic acids is 3. The first kappa shape index (κ1) is 30.9.